The van der Waals surface area contributed by atoms with Gasteiger partial charge in [-0.2, -0.15) is 5.26 Å². The molecule has 0 bridgehead atoms. The van der Waals surface area contributed by atoms with E-state index in [-0.39, 0.29) is 17.2 Å². The van der Waals surface area contributed by atoms with Gasteiger partial charge in [-0.15, -0.1) is 0 Å². The number of nitriles is 1. The predicted molar refractivity (Wildman–Crippen MR) is 161 cm³/mol. The number of aromatic nitrogens is 1. The summed E-state index contributed by atoms with van der Waals surface area (Å²) in [7, 11) is 0. The smallest absolute Gasteiger partial charge is 0.266 e. The van der Waals surface area contributed by atoms with Crippen LogP contribution < -0.4 is 4.90 Å². The zero-order valence-electron chi connectivity index (χ0n) is 22.5. The van der Waals surface area contributed by atoms with E-state index in [1.165, 1.54) is 27.2 Å². The first-order chi connectivity index (χ1) is 19.9. The van der Waals surface area contributed by atoms with Gasteiger partial charge in [0.1, 0.15) is 0 Å². The first-order valence-corrected chi connectivity index (χ1v) is 13.6. The largest absolute Gasteiger partial charge is 0.307 e. The summed E-state index contributed by atoms with van der Waals surface area (Å²) in [6.07, 6.45) is 0. The van der Waals surface area contributed by atoms with Crippen molar-refractivity contribution in [2.75, 3.05) is 4.90 Å². The van der Waals surface area contributed by atoms with Gasteiger partial charge >= 0.3 is 0 Å². The van der Waals surface area contributed by atoms with Gasteiger partial charge < -0.3 is 4.57 Å². The molecule has 1 aliphatic carbocycles. The lowest BCUT2D eigenvalue weighted by Crippen LogP contribution is -2.30. The molecule has 5 nitrogen and oxygen atoms in total. The van der Waals surface area contributed by atoms with Crippen molar-refractivity contribution in [2.45, 2.75) is 19.3 Å². The van der Waals surface area contributed by atoms with Crippen molar-refractivity contribution in [3.05, 3.63) is 131 Å². The molecule has 8 rings (SSSR count). The number of rotatable bonds is 2. The number of hydrogen-bond acceptors (Lipinski definition) is 3. The van der Waals surface area contributed by atoms with Crippen LogP contribution in [0.4, 0.5) is 5.69 Å². The summed E-state index contributed by atoms with van der Waals surface area (Å²) in [6.45, 7) is 4.54. The molecular weight excluding hydrogens is 506 g/mol. The van der Waals surface area contributed by atoms with Gasteiger partial charge in [-0.25, -0.2) is 4.90 Å². The third-order valence-corrected chi connectivity index (χ3v) is 8.76. The normalized spacial score (nSPS) is 14.8. The van der Waals surface area contributed by atoms with Crippen molar-refractivity contribution in [3.8, 4) is 22.9 Å². The number of anilines is 1. The van der Waals surface area contributed by atoms with E-state index >= 15 is 0 Å². The molecule has 0 N–H and O–H groups in total. The van der Waals surface area contributed by atoms with E-state index in [2.05, 4.69) is 73.0 Å². The van der Waals surface area contributed by atoms with Crippen LogP contribution in [0.1, 0.15) is 51.3 Å². The molecule has 0 atom stereocenters. The number of amides is 2. The highest BCUT2D eigenvalue weighted by molar-refractivity contribution is 6.35. The number of carbonyl (C=O) groups is 2. The molecule has 41 heavy (non-hydrogen) atoms. The first kappa shape index (κ1) is 23.4. The Morgan fingerprint density at radius 1 is 0.659 bits per heavy atom. The van der Waals surface area contributed by atoms with Crippen LogP contribution in [0.5, 0.6) is 0 Å². The van der Waals surface area contributed by atoms with Gasteiger partial charge in [0.15, 0.2) is 0 Å². The van der Waals surface area contributed by atoms with Gasteiger partial charge in [0, 0.05) is 16.2 Å². The van der Waals surface area contributed by atoms with Crippen molar-refractivity contribution >= 4 is 39.3 Å². The zero-order valence-corrected chi connectivity index (χ0v) is 22.5. The molecule has 1 aliphatic heterocycles. The maximum atomic E-state index is 13.6. The summed E-state index contributed by atoms with van der Waals surface area (Å²) in [4.78, 5) is 28.5. The van der Waals surface area contributed by atoms with E-state index in [4.69, 9.17) is 0 Å². The summed E-state index contributed by atoms with van der Waals surface area (Å²) >= 11 is 0. The Bertz CT molecular complexity index is 2160. The average Bonchev–Trinajstić information content (AvgIpc) is 3.56. The van der Waals surface area contributed by atoms with Crippen molar-refractivity contribution in [2.24, 2.45) is 0 Å². The number of benzene rings is 5. The van der Waals surface area contributed by atoms with E-state index in [1.807, 2.05) is 18.2 Å². The summed E-state index contributed by atoms with van der Waals surface area (Å²) in [5.74, 6) is -0.779. The average molecular weight is 530 g/mol. The van der Waals surface area contributed by atoms with Crippen LogP contribution in [-0.4, -0.2) is 16.4 Å². The maximum Gasteiger partial charge on any atom is 0.266 e. The van der Waals surface area contributed by atoms with E-state index in [0.29, 0.717) is 28.1 Å². The van der Waals surface area contributed by atoms with E-state index in [0.717, 1.165) is 21.8 Å². The summed E-state index contributed by atoms with van der Waals surface area (Å²) in [5, 5.41) is 12.0. The van der Waals surface area contributed by atoms with Crippen LogP contribution in [0.25, 0.3) is 38.6 Å². The van der Waals surface area contributed by atoms with E-state index < -0.39 is 0 Å². The zero-order chi connectivity index (χ0) is 28.0. The lowest BCUT2D eigenvalue weighted by molar-refractivity contribution is 0.0926. The van der Waals surface area contributed by atoms with Crippen LogP contribution in [0, 0.1) is 11.3 Å². The molecule has 2 aliphatic rings. The molecule has 5 heteroatoms. The maximum absolute atomic E-state index is 13.6. The lowest BCUT2D eigenvalue weighted by Gasteiger charge is -2.22. The van der Waals surface area contributed by atoms with Crippen molar-refractivity contribution in [1.29, 1.82) is 5.26 Å². The van der Waals surface area contributed by atoms with Gasteiger partial charge in [0.2, 0.25) is 0 Å². The van der Waals surface area contributed by atoms with Gasteiger partial charge in [0.05, 0.1) is 45.2 Å². The highest BCUT2D eigenvalue weighted by Gasteiger charge is 2.39. The van der Waals surface area contributed by atoms with Gasteiger partial charge in [-0.1, -0.05) is 74.5 Å². The first-order valence-electron chi connectivity index (χ1n) is 13.6. The van der Waals surface area contributed by atoms with Crippen LogP contribution in [0.3, 0.4) is 0 Å². The predicted octanol–water partition coefficient (Wildman–Crippen LogP) is 7.76. The van der Waals surface area contributed by atoms with Crippen molar-refractivity contribution < 1.29 is 9.59 Å². The second-order valence-electron chi connectivity index (χ2n) is 11.2. The fraction of sp³-hybridized carbons (Fsp3) is 0.0833. The Morgan fingerprint density at radius 2 is 1.32 bits per heavy atom. The molecule has 2 heterocycles. The van der Waals surface area contributed by atoms with Gasteiger partial charge in [-0.05, 0) is 64.7 Å². The van der Waals surface area contributed by atoms with Crippen LogP contribution in [-0.2, 0) is 5.41 Å². The Balaban J connectivity index is 1.47. The number of carbonyl (C=O) groups excluding carboxylic acids is 2. The lowest BCUT2D eigenvalue weighted by atomic mass is 9.82. The molecule has 0 fully saturated rings. The minimum atomic E-state index is -0.390. The van der Waals surface area contributed by atoms with Crippen LogP contribution in [0.2, 0.25) is 0 Å². The molecule has 2 amide bonds. The van der Waals surface area contributed by atoms with E-state index in [1.54, 1.807) is 36.4 Å². The molecule has 5 aromatic carbocycles. The molecule has 0 spiro atoms. The Kier molecular flexibility index (Phi) is 4.59. The number of imide groups is 1. The highest BCUT2D eigenvalue weighted by atomic mass is 16.2. The minimum Gasteiger partial charge on any atom is -0.307 e. The third-order valence-electron chi connectivity index (χ3n) is 8.76. The van der Waals surface area contributed by atoms with Crippen molar-refractivity contribution in [3.63, 3.8) is 0 Å². The summed E-state index contributed by atoms with van der Waals surface area (Å²) in [6, 6.07) is 35.4. The van der Waals surface area contributed by atoms with E-state index in [9.17, 15) is 14.9 Å². The SMILES string of the molecule is CC1(C)c2ccccc2-c2c1ccc1c2c2ccccc2n1-c1ccc(C#N)cc1N1C(=O)c2ccccc2C1=O. The third kappa shape index (κ3) is 2.94. The molecule has 194 valence electrons. The Morgan fingerprint density at radius 3 is 2.05 bits per heavy atom. The molecule has 0 radical (unpaired) electrons. The number of fused-ring (bicyclic) bond motifs is 8. The van der Waals surface area contributed by atoms with Crippen molar-refractivity contribution in [1.82, 2.24) is 4.57 Å². The fourth-order valence-electron chi connectivity index (χ4n) is 6.88. The molecule has 0 unspecified atom stereocenters. The molecular formula is C36H23N3O2. The van der Waals surface area contributed by atoms with Crippen LogP contribution in [0.15, 0.2) is 103 Å². The molecule has 0 saturated carbocycles. The highest BCUT2D eigenvalue weighted by Crippen LogP contribution is 2.53. The molecule has 6 aromatic rings. The summed E-state index contributed by atoms with van der Waals surface area (Å²) in [5.41, 5.74) is 8.94. The second kappa shape index (κ2) is 8.03. The monoisotopic (exact) mass is 529 g/mol. The Hall–Kier alpha value is -5.47. The minimum absolute atomic E-state index is 0.150. The number of nitrogens with zero attached hydrogens (tertiary/aromatic N) is 3. The standard InChI is InChI=1S/C36H23N3O2/c1-36(2)26-13-7-5-11-24(26)32-27(36)16-18-30-33(32)25-12-6-8-14-28(25)38(30)29-17-15-21(20-37)19-31(29)39-34(40)22-9-3-4-10-23(22)35(39)41/h3-19H,1-2H3. The quantitative estimate of drug-likeness (QED) is 0.215. The number of hydrogen-bond donors (Lipinski definition) is 0. The van der Waals surface area contributed by atoms with Gasteiger partial charge in [0.25, 0.3) is 11.8 Å². The Labute approximate surface area is 236 Å². The second-order valence-corrected chi connectivity index (χ2v) is 11.2. The molecule has 1 aromatic heterocycles. The van der Waals surface area contributed by atoms with Crippen LogP contribution >= 0.6 is 0 Å². The fourth-order valence-corrected chi connectivity index (χ4v) is 6.88. The number of para-hydroxylation sites is 1. The molecule has 0 saturated heterocycles. The van der Waals surface area contributed by atoms with Gasteiger partial charge in [-0.3, -0.25) is 9.59 Å². The topological polar surface area (TPSA) is 66.1 Å². The summed E-state index contributed by atoms with van der Waals surface area (Å²) < 4.78 is 2.12.